The molecule has 1 aromatic rings. The van der Waals surface area contributed by atoms with Gasteiger partial charge in [0.05, 0.1) is 6.54 Å². The second-order valence-electron chi connectivity index (χ2n) is 5.63. The number of nitrogens with zero attached hydrogens (tertiary/aromatic N) is 2. The van der Waals surface area contributed by atoms with Crippen molar-refractivity contribution >= 4 is 23.3 Å². The van der Waals surface area contributed by atoms with Gasteiger partial charge in [-0.2, -0.15) is 0 Å². The van der Waals surface area contributed by atoms with E-state index in [1.165, 1.54) is 4.90 Å². The number of amides is 2. The lowest BCUT2D eigenvalue weighted by Gasteiger charge is -2.38. The van der Waals surface area contributed by atoms with E-state index in [1.807, 2.05) is 31.4 Å². The van der Waals surface area contributed by atoms with Crippen LogP contribution in [-0.2, 0) is 11.3 Å². The summed E-state index contributed by atoms with van der Waals surface area (Å²) < 4.78 is 0. The van der Waals surface area contributed by atoms with Crippen LogP contribution in [0.2, 0.25) is 0 Å². The van der Waals surface area contributed by atoms with Gasteiger partial charge < -0.3 is 14.9 Å². The van der Waals surface area contributed by atoms with Gasteiger partial charge in [-0.3, -0.25) is 0 Å². The van der Waals surface area contributed by atoms with Crippen LogP contribution < -0.4 is 0 Å². The fourth-order valence-electron chi connectivity index (χ4n) is 2.62. The first kappa shape index (κ1) is 15.8. The van der Waals surface area contributed by atoms with Gasteiger partial charge in [-0.15, -0.1) is 11.3 Å². The highest BCUT2D eigenvalue weighted by atomic mass is 32.1. The van der Waals surface area contributed by atoms with Crippen LogP contribution in [0.4, 0.5) is 4.79 Å². The van der Waals surface area contributed by atoms with Gasteiger partial charge in [0.1, 0.15) is 6.04 Å². The average Bonchev–Trinajstić information content (AvgIpc) is 2.96. The smallest absolute Gasteiger partial charge is 0.326 e. The number of aliphatic carboxylic acids is 1. The van der Waals surface area contributed by atoms with Gasteiger partial charge in [0.15, 0.2) is 0 Å². The molecule has 2 amide bonds. The molecular weight excluding hydrogens is 288 g/mol. The van der Waals surface area contributed by atoms with E-state index >= 15 is 0 Å². The molecule has 21 heavy (non-hydrogen) atoms. The molecule has 1 aliphatic heterocycles. The monoisotopic (exact) mass is 310 g/mol. The topological polar surface area (TPSA) is 60.9 Å². The van der Waals surface area contributed by atoms with E-state index in [9.17, 15) is 14.7 Å². The minimum Gasteiger partial charge on any atom is -0.480 e. The van der Waals surface area contributed by atoms with E-state index < -0.39 is 12.0 Å². The lowest BCUT2D eigenvalue weighted by Crippen LogP contribution is -2.54. The summed E-state index contributed by atoms with van der Waals surface area (Å²) in [6, 6.07) is 3.15. The third kappa shape index (κ3) is 3.75. The number of hydrogen-bond acceptors (Lipinski definition) is 3. The first-order valence-electron chi connectivity index (χ1n) is 7.33. The SMILES string of the molecule is CC(C)N(Cc1cccs1)C(=O)N1CCCCC1C(=O)O. The predicted molar refractivity (Wildman–Crippen MR) is 82.4 cm³/mol. The summed E-state index contributed by atoms with van der Waals surface area (Å²) in [5, 5.41) is 11.3. The summed E-state index contributed by atoms with van der Waals surface area (Å²) in [4.78, 5) is 28.5. The zero-order valence-corrected chi connectivity index (χ0v) is 13.3. The minimum atomic E-state index is -0.900. The lowest BCUT2D eigenvalue weighted by molar-refractivity contribution is -0.143. The van der Waals surface area contributed by atoms with E-state index in [-0.39, 0.29) is 12.1 Å². The van der Waals surface area contributed by atoms with Crippen molar-refractivity contribution in [3.05, 3.63) is 22.4 Å². The Bertz CT molecular complexity index is 487. The van der Waals surface area contributed by atoms with Crippen LogP contribution in [0.15, 0.2) is 17.5 Å². The molecule has 6 heteroatoms. The summed E-state index contributed by atoms with van der Waals surface area (Å²) in [5.74, 6) is -0.900. The highest BCUT2D eigenvalue weighted by Crippen LogP contribution is 2.22. The average molecular weight is 310 g/mol. The van der Waals surface area contributed by atoms with Crippen LogP contribution in [0.3, 0.4) is 0 Å². The molecule has 0 aliphatic carbocycles. The van der Waals surface area contributed by atoms with Crippen LogP contribution in [0.1, 0.15) is 38.0 Å². The van der Waals surface area contributed by atoms with Crippen molar-refractivity contribution in [2.24, 2.45) is 0 Å². The van der Waals surface area contributed by atoms with E-state index in [0.29, 0.717) is 19.5 Å². The van der Waals surface area contributed by atoms with Crippen LogP contribution >= 0.6 is 11.3 Å². The van der Waals surface area contributed by atoms with Crippen LogP contribution in [0.5, 0.6) is 0 Å². The molecule has 1 aliphatic rings. The first-order valence-corrected chi connectivity index (χ1v) is 8.21. The molecule has 0 bridgehead atoms. The Morgan fingerprint density at radius 2 is 2.24 bits per heavy atom. The molecule has 1 fully saturated rings. The summed E-state index contributed by atoms with van der Waals surface area (Å²) in [6.45, 7) is 5.00. The van der Waals surface area contributed by atoms with Crippen molar-refractivity contribution in [3.8, 4) is 0 Å². The Balaban J connectivity index is 2.14. The Labute approximate surface area is 129 Å². The number of rotatable bonds is 4. The van der Waals surface area contributed by atoms with E-state index in [2.05, 4.69) is 0 Å². The number of carbonyl (C=O) groups excluding carboxylic acids is 1. The van der Waals surface area contributed by atoms with Gasteiger partial charge in [0, 0.05) is 17.5 Å². The molecule has 1 N–H and O–H groups in total. The molecule has 1 aromatic heterocycles. The number of hydrogen-bond donors (Lipinski definition) is 1. The molecule has 116 valence electrons. The van der Waals surface area contributed by atoms with Gasteiger partial charge in [0.25, 0.3) is 0 Å². The number of carboxylic acids is 1. The summed E-state index contributed by atoms with van der Waals surface area (Å²) >= 11 is 1.61. The normalized spacial score (nSPS) is 18.8. The number of piperidine rings is 1. The van der Waals surface area contributed by atoms with Crippen LogP contribution in [0.25, 0.3) is 0 Å². The first-order chi connectivity index (χ1) is 10.0. The molecule has 1 atom stereocenters. The highest BCUT2D eigenvalue weighted by Gasteiger charge is 2.35. The summed E-state index contributed by atoms with van der Waals surface area (Å²) in [5.41, 5.74) is 0. The van der Waals surface area contributed by atoms with Crippen molar-refractivity contribution in [2.45, 2.75) is 51.7 Å². The maximum Gasteiger partial charge on any atom is 0.326 e. The van der Waals surface area contributed by atoms with Crippen molar-refractivity contribution < 1.29 is 14.7 Å². The third-order valence-electron chi connectivity index (χ3n) is 3.81. The van der Waals surface area contributed by atoms with Crippen molar-refractivity contribution in [1.29, 1.82) is 0 Å². The molecule has 5 nitrogen and oxygen atoms in total. The van der Waals surface area contributed by atoms with Gasteiger partial charge in [0.2, 0.25) is 0 Å². The maximum atomic E-state index is 12.8. The fraction of sp³-hybridized carbons (Fsp3) is 0.600. The van der Waals surface area contributed by atoms with Gasteiger partial charge >= 0.3 is 12.0 Å². The molecule has 0 saturated carbocycles. The molecule has 0 aromatic carbocycles. The molecule has 1 unspecified atom stereocenters. The van der Waals surface area contributed by atoms with Crippen molar-refractivity contribution in [3.63, 3.8) is 0 Å². The Morgan fingerprint density at radius 1 is 1.48 bits per heavy atom. The summed E-state index contributed by atoms with van der Waals surface area (Å²) in [6.07, 6.45) is 2.29. The molecule has 1 saturated heterocycles. The van der Waals surface area contributed by atoms with E-state index in [1.54, 1.807) is 16.2 Å². The Hall–Kier alpha value is -1.56. The highest BCUT2D eigenvalue weighted by molar-refractivity contribution is 7.09. The second kappa shape index (κ2) is 6.93. The summed E-state index contributed by atoms with van der Waals surface area (Å²) in [7, 11) is 0. The van der Waals surface area contributed by atoms with Crippen molar-refractivity contribution in [2.75, 3.05) is 6.54 Å². The standard InChI is InChI=1S/C15H22N2O3S/c1-11(2)17(10-12-6-5-9-21-12)15(20)16-8-4-3-7-13(16)14(18)19/h5-6,9,11,13H,3-4,7-8,10H2,1-2H3,(H,18,19). The largest absolute Gasteiger partial charge is 0.480 e. The zero-order chi connectivity index (χ0) is 15.4. The van der Waals surface area contributed by atoms with Crippen LogP contribution in [0, 0.1) is 0 Å². The molecular formula is C15H22N2O3S. The van der Waals surface area contributed by atoms with Gasteiger partial charge in [-0.25, -0.2) is 9.59 Å². The van der Waals surface area contributed by atoms with Crippen LogP contribution in [-0.4, -0.2) is 45.5 Å². The molecule has 2 heterocycles. The number of carboxylic acid groups (broad SMARTS) is 1. The maximum absolute atomic E-state index is 12.8. The van der Waals surface area contributed by atoms with Crippen molar-refractivity contribution in [1.82, 2.24) is 9.80 Å². The quantitative estimate of drug-likeness (QED) is 0.930. The Kier molecular flexibility index (Phi) is 5.22. The lowest BCUT2D eigenvalue weighted by atomic mass is 10.0. The Morgan fingerprint density at radius 3 is 2.81 bits per heavy atom. The molecule has 0 spiro atoms. The third-order valence-corrected chi connectivity index (χ3v) is 4.67. The van der Waals surface area contributed by atoms with E-state index in [0.717, 1.165) is 17.7 Å². The number of thiophene rings is 1. The predicted octanol–water partition coefficient (Wildman–Crippen LogP) is 3.02. The van der Waals surface area contributed by atoms with Gasteiger partial charge in [-0.05, 0) is 44.6 Å². The van der Waals surface area contributed by atoms with Gasteiger partial charge in [-0.1, -0.05) is 6.07 Å². The zero-order valence-electron chi connectivity index (χ0n) is 12.5. The second-order valence-corrected chi connectivity index (χ2v) is 6.66. The number of likely N-dealkylation sites (tertiary alicyclic amines) is 1. The minimum absolute atomic E-state index is 0.0379. The molecule has 0 radical (unpaired) electrons. The fourth-order valence-corrected chi connectivity index (χ4v) is 3.33. The van der Waals surface area contributed by atoms with E-state index in [4.69, 9.17) is 0 Å². The number of urea groups is 1. The molecule has 2 rings (SSSR count). The number of carbonyl (C=O) groups is 2.